The molecule has 1 aliphatic rings. The molecule has 160 valence electrons. The van der Waals surface area contributed by atoms with Crippen LogP contribution in [-0.4, -0.2) is 19.6 Å². The molecule has 0 radical (unpaired) electrons. The Bertz CT molecular complexity index is 1590. The Morgan fingerprint density at radius 1 is 1.12 bits per heavy atom. The first-order valence-electron chi connectivity index (χ1n) is 10.4. The Balaban J connectivity index is 1.74. The highest BCUT2D eigenvalue weighted by molar-refractivity contribution is 7.10. The molecule has 0 spiro atoms. The average Bonchev–Trinajstić information content (AvgIpc) is 3.38. The van der Waals surface area contributed by atoms with Crippen molar-refractivity contribution in [2.45, 2.75) is 39.0 Å². The normalized spacial score (nSPS) is 15.6. The van der Waals surface area contributed by atoms with Crippen LogP contribution in [0.1, 0.15) is 54.1 Å². The third-order valence-electron chi connectivity index (χ3n) is 5.80. The molecule has 5 heterocycles. The van der Waals surface area contributed by atoms with Crippen LogP contribution in [0.3, 0.4) is 0 Å². The Kier molecular flexibility index (Phi) is 3.89. The fraction of sp³-hybridized carbons (Fsp3) is 0.250. The molecule has 0 amide bonds. The van der Waals surface area contributed by atoms with Gasteiger partial charge < -0.3 is 9.15 Å². The van der Waals surface area contributed by atoms with E-state index in [1.54, 1.807) is 28.2 Å². The maximum absolute atomic E-state index is 13.3. The van der Waals surface area contributed by atoms with E-state index in [2.05, 4.69) is 36.9 Å². The predicted octanol–water partition coefficient (Wildman–Crippen LogP) is 5.18. The molecule has 7 nitrogen and oxygen atoms in total. The van der Waals surface area contributed by atoms with Crippen LogP contribution in [0.5, 0.6) is 11.6 Å². The van der Waals surface area contributed by atoms with Crippen molar-refractivity contribution < 1.29 is 9.15 Å². The zero-order chi connectivity index (χ0) is 22.2. The fourth-order valence-electron chi connectivity index (χ4n) is 4.19. The first-order valence-corrected chi connectivity index (χ1v) is 11.2. The Hall–Kier alpha value is -3.52. The van der Waals surface area contributed by atoms with Gasteiger partial charge in [0.05, 0.1) is 22.4 Å². The number of fused-ring (bicyclic) bond motifs is 6. The van der Waals surface area contributed by atoms with Crippen molar-refractivity contribution in [1.29, 1.82) is 0 Å². The minimum absolute atomic E-state index is 0.240. The molecule has 0 bridgehead atoms. The quantitative estimate of drug-likeness (QED) is 0.325. The minimum atomic E-state index is -0.417. The van der Waals surface area contributed by atoms with Gasteiger partial charge in [-0.2, -0.15) is 0 Å². The second-order valence-corrected chi connectivity index (χ2v) is 10.00. The molecule has 4 aromatic heterocycles. The lowest BCUT2D eigenvalue weighted by Crippen LogP contribution is -2.22. The number of benzene rings is 1. The van der Waals surface area contributed by atoms with Gasteiger partial charge in [-0.15, -0.1) is 16.4 Å². The fourth-order valence-corrected chi connectivity index (χ4v) is 5.23. The maximum atomic E-state index is 13.3. The molecule has 1 atom stereocenters. The second-order valence-electron chi connectivity index (χ2n) is 9.05. The lowest BCUT2D eigenvalue weighted by Gasteiger charge is -2.26. The molecule has 1 unspecified atom stereocenters. The van der Waals surface area contributed by atoms with Crippen LogP contribution >= 0.6 is 11.3 Å². The summed E-state index contributed by atoms with van der Waals surface area (Å²) in [5.74, 6) is 1.22. The van der Waals surface area contributed by atoms with Gasteiger partial charge >= 0.3 is 5.63 Å². The van der Waals surface area contributed by atoms with E-state index in [4.69, 9.17) is 14.1 Å². The van der Waals surface area contributed by atoms with E-state index in [1.165, 1.54) is 0 Å². The summed E-state index contributed by atoms with van der Waals surface area (Å²) in [4.78, 5) is 23.8. The summed E-state index contributed by atoms with van der Waals surface area (Å²) >= 11 is 1.60. The van der Waals surface area contributed by atoms with E-state index in [0.29, 0.717) is 34.2 Å². The molecule has 0 N–H and O–H groups in total. The van der Waals surface area contributed by atoms with Crippen molar-refractivity contribution in [1.82, 2.24) is 19.6 Å². The molecule has 0 aliphatic carbocycles. The number of aromatic nitrogens is 4. The first kappa shape index (κ1) is 19.2. The molecular formula is C24H20N4O3S. The summed E-state index contributed by atoms with van der Waals surface area (Å²) in [7, 11) is 0. The van der Waals surface area contributed by atoms with Crippen LogP contribution in [-0.2, 0) is 5.41 Å². The molecule has 1 aromatic carbocycles. The molecular weight excluding hydrogens is 424 g/mol. The van der Waals surface area contributed by atoms with Crippen LogP contribution in [0.15, 0.2) is 51.3 Å². The summed E-state index contributed by atoms with van der Waals surface area (Å²) in [5.41, 5.74) is 2.75. The molecule has 1 aliphatic heterocycles. The van der Waals surface area contributed by atoms with Crippen LogP contribution in [0, 0.1) is 6.92 Å². The van der Waals surface area contributed by atoms with E-state index < -0.39 is 11.5 Å². The standard InChI is InChI=1S/C24H20N4O3S/c1-12-9-10-32-19(12)15-16-18(13-7-5-6-8-14(13)30-22(16)29)31-21-17(15)20-26-23(24(2,3)4)27-28(20)11-25-21/h5-11,15H,1-4H3. The Morgan fingerprint density at radius 2 is 1.94 bits per heavy atom. The highest BCUT2D eigenvalue weighted by Crippen LogP contribution is 2.50. The van der Waals surface area contributed by atoms with Crippen molar-refractivity contribution in [3.63, 3.8) is 0 Å². The molecule has 5 aromatic rings. The van der Waals surface area contributed by atoms with Gasteiger partial charge in [-0.3, -0.25) is 0 Å². The van der Waals surface area contributed by atoms with Gasteiger partial charge in [-0.25, -0.2) is 19.3 Å². The van der Waals surface area contributed by atoms with Crippen molar-refractivity contribution in [2.75, 3.05) is 0 Å². The monoisotopic (exact) mass is 444 g/mol. The molecule has 0 saturated carbocycles. The van der Waals surface area contributed by atoms with Gasteiger partial charge in [-0.05, 0) is 36.1 Å². The number of thiophene rings is 1. The van der Waals surface area contributed by atoms with Crippen LogP contribution < -0.4 is 10.4 Å². The summed E-state index contributed by atoms with van der Waals surface area (Å²) in [5, 5.41) is 7.42. The van der Waals surface area contributed by atoms with Gasteiger partial charge in [0.15, 0.2) is 17.2 Å². The highest BCUT2D eigenvalue weighted by atomic mass is 32.1. The summed E-state index contributed by atoms with van der Waals surface area (Å²) < 4.78 is 13.7. The third-order valence-corrected chi connectivity index (χ3v) is 6.88. The van der Waals surface area contributed by atoms with E-state index in [9.17, 15) is 4.79 Å². The van der Waals surface area contributed by atoms with Crippen molar-refractivity contribution in [2.24, 2.45) is 0 Å². The zero-order valence-corrected chi connectivity index (χ0v) is 18.9. The van der Waals surface area contributed by atoms with E-state index >= 15 is 0 Å². The topological polar surface area (TPSA) is 82.5 Å². The summed E-state index contributed by atoms with van der Waals surface area (Å²) in [6.07, 6.45) is 1.62. The number of ether oxygens (including phenoxy) is 1. The van der Waals surface area contributed by atoms with Crippen molar-refractivity contribution >= 4 is 28.0 Å². The lowest BCUT2D eigenvalue weighted by atomic mass is 9.87. The maximum Gasteiger partial charge on any atom is 0.344 e. The number of hydrogen-bond acceptors (Lipinski definition) is 7. The predicted molar refractivity (Wildman–Crippen MR) is 122 cm³/mol. The molecule has 0 saturated heterocycles. The molecule has 6 rings (SSSR count). The number of hydrogen-bond donors (Lipinski definition) is 0. The second kappa shape index (κ2) is 6.49. The third kappa shape index (κ3) is 2.65. The largest absolute Gasteiger partial charge is 0.437 e. The van der Waals surface area contributed by atoms with E-state index in [-0.39, 0.29) is 5.41 Å². The van der Waals surface area contributed by atoms with Gasteiger partial charge in [0.2, 0.25) is 5.88 Å². The van der Waals surface area contributed by atoms with Gasteiger partial charge in [0, 0.05) is 10.3 Å². The van der Waals surface area contributed by atoms with Gasteiger partial charge in [-0.1, -0.05) is 32.9 Å². The van der Waals surface area contributed by atoms with Crippen LogP contribution in [0.2, 0.25) is 0 Å². The summed E-state index contributed by atoms with van der Waals surface area (Å²) in [6, 6.07) is 9.45. The molecule has 8 heteroatoms. The first-order chi connectivity index (χ1) is 15.3. The van der Waals surface area contributed by atoms with Crippen molar-refractivity contribution in [3.8, 4) is 11.6 Å². The Labute approximate surface area is 187 Å². The number of aryl methyl sites for hydroxylation is 1. The van der Waals surface area contributed by atoms with E-state index in [0.717, 1.165) is 21.4 Å². The molecule has 0 fully saturated rings. The van der Waals surface area contributed by atoms with Crippen LogP contribution in [0.4, 0.5) is 0 Å². The average molecular weight is 445 g/mol. The van der Waals surface area contributed by atoms with Crippen LogP contribution in [0.25, 0.3) is 16.6 Å². The number of rotatable bonds is 1. The van der Waals surface area contributed by atoms with E-state index in [1.807, 2.05) is 30.5 Å². The van der Waals surface area contributed by atoms with Crippen molar-refractivity contribution in [3.05, 3.63) is 79.9 Å². The highest BCUT2D eigenvalue weighted by Gasteiger charge is 2.39. The number of para-hydroxylation sites is 1. The lowest BCUT2D eigenvalue weighted by molar-refractivity contribution is 0.423. The van der Waals surface area contributed by atoms with Gasteiger partial charge in [0.1, 0.15) is 11.9 Å². The minimum Gasteiger partial charge on any atom is -0.437 e. The smallest absolute Gasteiger partial charge is 0.344 e. The molecule has 32 heavy (non-hydrogen) atoms. The zero-order valence-electron chi connectivity index (χ0n) is 18.0. The Morgan fingerprint density at radius 3 is 2.69 bits per heavy atom. The van der Waals surface area contributed by atoms with Gasteiger partial charge in [0.25, 0.3) is 0 Å². The number of nitrogens with zero attached hydrogens (tertiary/aromatic N) is 4. The SMILES string of the molecule is Cc1ccsc1C1c2c(c3ccccc3oc2=O)Oc2ncn3nc(C(C)(C)C)nc3c21. The summed E-state index contributed by atoms with van der Waals surface area (Å²) in [6.45, 7) is 8.24.